The van der Waals surface area contributed by atoms with Crippen molar-refractivity contribution in [1.29, 1.82) is 0 Å². The largest absolute Gasteiger partial charge is 0.480 e. The fraction of sp³-hybridized carbons (Fsp3) is 0.467. The molecular weight excluding hydrogens is 242 g/mol. The minimum atomic E-state index is -1.05. The van der Waals surface area contributed by atoms with Gasteiger partial charge >= 0.3 is 5.97 Å². The van der Waals surface area contributed by atoms with Crippen LogP contribution in [0.3, 0.4) is 0 Å². The SMILES string of the molecule is Cc1cc(C)c(C(=O)NC2(C(=O)O)CCC2)c(C)c1. The molecule has 0 saturated heterocycles. The van der Waals surface area contributed by atoms with Gasteiger partial charge in [0.15, 0.2) is 0 Å². The number of rotatable bonds is 3. The van der Waals surface area contributed by atoms with E-state index in [1.54, 1.807) is 0 Å². The van der Waals surface area contributed by atoms with Crippen LogP contribution in [0.2, 0.25) is 0 Å². The summed E-state index contributed by atoms with van der Waals surface area (Å²) in [6.45, 7) is 5.73. The molecule has 1 aliphatic rings. The number of nitrogens with one attached hydrogen (secondary N) is 1. The van der Waals surface area contributed by atoms with Crippen molar-refractivity contribution in [2.24, 2.45) is 0 Å². The molecule has 1 aromatic rings. The number of carboxylic acid groups (broad SMARTS) is 1. The Kier molecular flexibility index (Phi) is 3.35. The Balaban J connectivity index is 2.28. The average molecular weight is 261 g/mol. The summed E-state index contributed by atoms with van der Waals surface area (Å²) < 4.78 is 0. The van der Waals surface area contributed by atoms with Crippen molar-refractivity contribution >= 4 is 11.9 Å². The molecule has 1 amide bonds. The Morgan fingerprint density at radius 1 is 1.16 bits per heavy atom. The molecule has 1 aliphatic carbocycles. The summed E-state index contributed by atoms with van der Waals surface area (Å²) >= 11 is 0. The minimum absolute atomic E-state index is 0.280. The predicted molar refractivity (Wildman–Crippen MR) is 72.3 cm³/mol. The van der Waals surface area contributed by atoms with Crippen LogP contribution in [0.1, 0.15) is 46.3 Å². The highest BCUT2D eigenvalue weighted by Crippen LogP contribution is 2.32. The number of hydrogen-bond donors (Lipinski definition) is 2. The molecule has 0 heterocycles. The average Bonchev–Trinajstić information content (AvgIpc) is 2.21. The first kappa shape index (κ1) is 13.6. The van der Waals surface area contributed by atoms with Gasteiger partial charge < -0.3 is 10.4 Å². The number of benzene rings is 1. The number of carboxylic acids is 1. The predicted octanol–water partition coefficient (Wildman–Crippen LogP) is 2.35. The van der Waals surface area contributed by atoms with Gasteiger partial charge in [-0.1, -0.05) is 17.7 Å². The van der Waals surface area contributed by atoms with E-state index >= 15 is 0 Å². The van der Waals surface area contributed by atoms with E-state index in [0.717, 1.165) is 23.1 Å². The maximum absolute atomic E-state index is 12.3. The van der Waals surface area contributed by atoms with Crippen molar-refractivity contribution in [3.05, 3.63) is 34.4 Å². The monoisotopic (exact) mass is 261 g/mol. The maximum atomic E-state index is 12.3. The van der Waals surface area contributed by atoms with Gasteiger partial charge in [0, 0.05) is 5.56 Å². The molecular formula is C15H19NO3. The molecule has 4 heteroatoms. The highest BCUT2D eigenvalue weighted by atomic mass is 16.4. The fourth-order valence-corrected chi connectivity index (χ4v) is 2.74. The fourth-order valence-electron chi connectivity index (χ4n) is 2.74. The van der Waals surface area contributed by atoms with Crippen molar-refractivity contribution < 1.29 is 14.7 Å². The van der Waals surface area contributed by atoms with E-state index in [4.69, 9.17) is 0 Å². The van der Waals surface area contributed by atoms with Crippen molar-refractivity contribution in [3.8, 4) is 0 Å². The number of hydrogen-bond acceptors (Lipinski definition) is 2. The molecule has 0 aliphatic heterocycles. The van der Waals surface area contributed by atoms with Crippen LogP contribution >= 0.6 is 0 Å². The summed E-state index contributed by atoms with van der Waals surface area (Å²) in [6.07, 6.45) is 1.87. The topological polar surface area (TPSA) is 66.4 Å². The molecule has 4 nitrogen and oxygen atoms in total. The Hall–Kier alpha value is -1.84. The first-order valence-corrected chi connectivity index (χ1v) is 6.49. The van der Waals surface area contributed by atoms with Crippen molar-refractivity contribution in [2.75, 3.05) is 0 Å². The Morgan fingerprint density at radius 2 is 1.68 bits per heavy atom. The third-order valence-corrected chi connectivity index (χ3v) is 3.87. The number of carbonyl (C=O) groups is 2. The third-order valence-electron chi connectivity index (χ3n) is 3.87. The van der Waals surface area contributed by atoms with Crippen molar-refractivity contribution in [3.63, 3.8) is 0 Å². The molecule has 2 N–H and O–H groups in total. The zero-order valence-corrected chi connectivity index (χ0v) is 11.5. The van der Waals surface area contributed by atoms with E-state index in [1.807, 2.05) is 32.9 Å². The van der Waals surface area contributed by atoms with Crippen LogP contribution < -0.4 is 5.32 Å². The molecule has 0 spiro atoms. The van der Waals surface area contributed by atoms with Crippen molar-refractivity contribution in [2.45, 2.75) is 45.6 Å². The molecule has 0 aromatic heterocycles. The van der Waals surface area contributed by atoms with Gasteiger partial charge in [0.25, 0.3) is 5.91 Å². The zero-order valence-electron chi connectivity index (χ0n) is 11.5. The van der Waals surface area contributed by atoms with E-state index in [2.05, 4.69) is 5.32 Å². The lowest BCUT2D eigenvalue weighted by molar-refractivity contribution is -0.148. The summed E-state index contributed by atoms with van der Waals surface area (Å²) in [5.41, 5.74) is 2.41. The van der Waals surface area contributed by atoms with E-state index < -0.39 is 11.5 Å². The number of amides is 1. The summed E-state index contributed by atoms with van der Waals surface area (Å²) in [5, 5.41) is 12.0. The second kappa shape index (κ2) is 4.68. The molecule has 1 aromatic carbocycles. The van der Waals surface area contributed by atoms with Gasteiger partial charge in [-0.05, 0) is 51.2 Å². The summed E-state index contributed by atoms with van der Waals surface area (Å²) in [7, 11) is 0. The van der Waals surface area contributed by atoms with Crippen LogP contribution in [0.5, 0.6) is 0 Å². The zero-order chi connectivity index (χ0) is 14.2. The molecule has 2 rings (SSSR count). The van der Waals surface area contributed by atoms with Crippen LogP contribution in [0.4, 0.5) is 0 Å². The quantitative estimate of drug-likeness (QED) is 0.877. The second-order valence-corrected chi connectivity index (χ2v) is 5.47. The van der Waals surface area contributed by atoms with Gasteiger partial charge in [0.1, 0.15) is 5.54 Å². The Bertz CT molecular complexity index is 521. The Labute approximate surface area is 112 Å². The van der Waals surface area contributed by atoms with Crippen LogP contribution in [0.25, 0.3) is 0 Å². The maximum Gasteiger partial charge on any atom is 0.329 e. The van der Waals surface area contributed by atoms with Crippen LogP contribution in [-0.2, 0) is 4.79 Å². The summed E-state index contributed by atoms with van der Waals surface area (Å²) in [6, 6.07) is 3.88. The van der Waals surface area contributed by atoms with Gasteiger partial charge in [0.05, 0.1) is 0 Å². The Morgan fingerprint density at radius 3 is 2.05 bits per heavy atom. The highest BCUT2D eigenvalue weighted by Gasteiger charge is 2.46. The smallest absolute Gasteiger partial charge is 0.329 e. The molecule has 1 saturated carbocycles. The number of carbonyl (C=O) groups excluding carboxylic acids is 1. The van der Waals surface area contributed by atoms with E-state index in [0.29, 0.717) is 18.4 Å². The van der Waals surface area contributed by atoms with E-state index in [1.165, 1.54) is 0 Å². The summed E-state index contributed by atoms with van der Waals surface area (Å²) in [5.74, 6) is -1.22. The molecule has 102 valence electrons. The molecule has 0 radical (unpaired) electrons. The lowest BCUT2D eigenvalue weighted by Gasteiger charge is -2.38. The number of aliphatic carboxylic acids is 1. The van der Waals surface area contributed by atoms with Gasteiger partial charge in [-0.3, -0.25) is 4.79 Å². The molecule has 0 bridgehead atoms. The molecule has 19 heavy (non-hydrogen) atoms. The molecule has 0 atom stereocenters. The van der Waals surface area contributed by atoms with Crippen LogP contribution in [0, 0.1) is 20.8 Å². The lowest BCUT2D eigenvalue weighted by Crippen LogP contribution is -2.59. The van der Waals surface area contributed by atoms with Gasteiger partial charge in [-0.2, -0.15) is 0 Å². The standard InChI is InChI=1S/C15H19NO3/c1-9-7-10(2)12(11(3)8-9)13(17)16-15(14(18)19)5-4-6-15/h7-8H,4-6H2,1-3H3,(H,16,17)(H,18,19). The number of aryl methyl sites for hydroxylation is 3. The molecule has 0 unspecified atom stereocenters. The van der Waals surface area contributed by atoms with Crippen LogP contribution in [0.15, 0.2) is 12.1 Å². The first-order chi connectivity index (χ1) is 8.85. The normalized spacial score (nSPS) is 16.6. The van der Waals surface area contributed by atoms with Gasteiger partial charge in [-0.25, -0.2) is 4.79 Å². The van der Waals surface area contributed by atoms with E-state index in [-0.39, 0.29) is 5.91 Å². The van der Waals surface area contributed by atoms with Gasteiger partial charge in [0.2, 0.25) is 0 Å². The lowest BCUT2D eigenvalue weighted by atomic mass is 9.76. The second-order valence-electron chi connectivity index (χ2n) is 5.47. The van der Waals surface area contributed by atoms with Gasteiger partial charge in [-0.15, -0.1) is 0 Å². The summed E-state index contributed by atoms with van der Waals surface area (Å²) in [4.78, 5) is 23.6. The van der Waals surface area contributed by atoms with Crippen LogP contribution in [-0.4, -0.2) is 22.5 Å². The third kappa shape index (κ3) is 2.35. The van der Waals surface area contributed by atoms with Crippen molar-refractivity contribution in [1.82, 2.24) is 5.32 Å². The highest BCUT2D eigenvalue weighted by molar-refractivity contribution is 6.00. The first-order valence-electron chi connectivity index (χ1n) is 6.49. The minimum Gasteiger partial charge on any atom is -0.480 e. The molecule has 1 fully saturated rings. The van der Waals surface area contributed by atoms with E-state index in [9.17, 15) is 14.7 Å².